The lowest BCUT2D eigenvalue weighted by atomic mass is 10.1. The predicted molar refractivity (Wildman–Crippen MR) is 117 cm³/mol. The monoisotopic (exact) mass is 430 g/mol. The van der Waals surface area contributed by atoms with Gasteiger partial charge in [0.2, 0.25) is 10.0 Å². The average Bonchev–Trinajstić information content (AvgIpc) is 3.50. The van der Waals surface area contributed by atoms with Gasteiger partial charge in [-0.3, -0.25) is 4.79 Å². The van der Waals surface area contributed by atoms with Gasteiger partial charge in [-0.25, -0.2) is 13.1 Å². The number of amides is 1. The second-order valence-electron chi connectivity index (χ2n) is 8.14. The summed E-state index contributed by atoms with van der Waals surface area (Å²) in [6, 6.07) is 14.1. The minimum absolute atomic E-state index is 0.0102. The normalized spacial score (nSPS) is 15.1. The number of carbonyl (C=O) groups is 1. The second-order valence-corrected chi connectivity index (χ2v) is 9.86. The second kappa shape index (κ2) is 9.62. The van der Waals surface area contributed by atoms with E-state index in [2.05, 4.69) is 10.0 Å². The maximum absolute atomic E-state index is 12.5. The Hall–Kier alpha value is -2.38. The molecule has 162 valence electrons. The van der Waals surface area contributed by atoms with Crippen LogP contribution in [0.2, 0.25) is 0 Å². The molecule has 0 saturated heterocycles. The Bertz CT molecular complexity index is 950. The summed E-state index contributed by atoms with van der Waals surface area (Å²) >= 11 is 0. The lowest BCUT2D eigenvalue weighted by molar-refractivity contribution is 0.0938. The molecule has 1 saturated carbocycles. The van der Waals surface area contributed by atoms with Gasteiger partial charge in [0.25, 0.3) is 5.91 Å². The van der Waals surface area contributed by atoms with Crippen LogP contribution in [-0.4, -0.2) is 32.5 Å². The van der Waals surface area contributed by atoms with Gasteiger partial charge in [-0.15, -0.1) is 0 Å². The molecule has 2 aromatic rings. The fraction of sp³-hybridized carbons (Fsp3) is 0.435. The third-order valence-corrected chi connectivity index (χ3v) is 6.40. The lowest BCUT2D eigenvalue weighted by Gasteiger charge is -2.15. The first-order chi connectivity index (χ1) is 14.2. The van der Waals surface area contributed by atoms with Crippen molar-refractivity contribution in [2.24, 2.45) is 0 Å². The van der Waals surface area contributed by atoms with Crippen LogP contribution in [0.3, 0.4) is 0 Å². The van der Waals surface area contributed by atoms with E-state index in [0.717, 1.165) is 31.4 Å². The third kappa shape index (κ3) is 6.57. The molecule has 1 aliphatic carbocycles. The van der Waals surface area contributed by atoms with E-state index in [4.69, 9.17) is 4.74 Å². The topological polar surface area (TPSA) is 84.5 Å². The van der Waals surface area contributed by atoms with Crippen LogP contribution >= 0.6 is 0 Å². The molecule has 6 nitrogen and oxygen atoms in total. The van der Waals surface area contributed by atoms with Crippen molar-refractivity contribution in [3.8, 4) is 5.75 Å². The molecular weight excluding hydrogens is 400 g/mol. The summed E-state index contributed by atoms with van der Waals surface area (Å²) < 4.78 is 32.7. The quantitative estimate of drug-likeness (QED) is 0.602. The van der Waals surface area contributed by atoms with Crippen LogP contribution in [0.5, 0.6) is 5.75 Å². The van der Waals surface area contributed by atoms with Gasteiger partial charge in [-0.2, -0.15) is 0 Å². The molecule has 0 bridgehead atoms. The molecule has 1 fully saturated rings. The number of carbonyl (C=O) groups excluding carboxylic acids is 1. The maximum Gasteiger partial charge on any atom is 0.251 e. The standard InChI is InChI=1S/C23H30N2O4S/c1-16(2)29-21-12-6-18(7-13-21)5-4-17(3)24-23(26)19-8-14-22(15-9-19)30(27,28)25-20-10-11-20/h6-9,12-17,20,25H,4-5,10-11H2,1-3H3,(H,24,26). The molecule has 3 rings (SSSR count). The Balaban J connectivity index is 1.49. The molecule has 2 N–H and O–H groups in total. The van der Waals surface area contributed by atoms with Crippen molar-refractivity contribution in [2.45, 2.75) is 69.5 Å². The zero-order valence-corrected chi connectivity index (χ0v) is 18.5. The summed E-state index contributed by atoms with van der Waals surface area (Å²) in [6.07, 6.45) is 3.55. The number of ether oxygens (including phenoxy) is 1. The Labute approximate surface area is 179 Å². The fourth-order valence-corrected chi connectivity index (χ4v) is 4.35. The van der Waals surface area contributed by atoms with Crippen LogP contribution in [0, 0.1) is 0 Å². The van der Waals surface area contributed by atoms with E-state index in [1.165, 1.54) is 17.7 Å². The highest BCUT2D eigenvalue weighted by Crippen LogP contribution is 2.22. The molecule has 0 radical (unpaired) electrons. The minimum atomic E-state index is -3.50. The highest BCUT2D eigenvalue weighted by Gasteiger charge is 2.28. The van der Waals surface area contributed by atoms with Crippen LogP contribution in [0.25, 0.3) is 0 Å². The summed E-state index contributed by atoms with van der Waals surface area (Å²) in [5.74, 6) is 0.648. The zero-order chi connectivity index (χ0) is 21.7. The number of benzene rings is 2. The largest absolute Gasteiger partial charge is 0.491 e. The Morgan fingerprint density at radius 2 is 1.67 bits per heavy atom. The first kappa shape index (κ1) is 22.3. The molecule has 1 unspecified atom stereocenters. The first-order valence-corrected chi connectivity index (χ1v) is 11.9. The molecule has 0 aromatic heterocycles. The molecule has 0 spiro atoms. The number of rotatable bonds is 10. The predicted octanol–water partition coefficient (Wildman–Crippen LogP) is 3.67. The molecule has 1 aliphatic rings. The smallest absolute Gasteiger partial charge is 0.251 e. The van der Waals surface area contributed by atoms with Crippen molar-refractivity contribution in [3.05, 3.63) is 59.7 Å². The summed E-state index contributed by atoms with van der Waals surface area (Å²) in [6.45, 7) is 5.96. The van der Waals surface area contributed by atoms with E-state index in [0.29, 0.717) is 5.56 Å². The molecule has 7 heteroatoms. The number of sulfonamides is 1. The number of hydrogen-bond acceptors (Lipinski definition) is 4. The van der Waals surface area contributed by atoms with Crippen molar-refractivity contribution in [3.63, 3.8) is 0 Å². The van der Waals surface area contributed by atoms with E-state index in [1.807, 2.05) is 45.0 Å². The number of nitrogens with one attached hydrogen (secondary N) is 2. The van der Waals surface area contributed by atoms with Gasteiger partial charge in [-0.05, 0) is 88.4 Å². The van der Waals surface area contributed by atoms with Crippen LogP contribution in [0.15, 0.2) is 53.4 Å². The van der Waals surface area contributed by atoms with Crippen molar-refractivity contribution in [2.75, 3.05) is 0 Å². The Morgan fingerprint density at radius 1 is 1.03 bits per heavy atom. The van der Waals surface area contributed by atoms with Gasteiger partial charge < -0.3 is 10.1 Å². The van der Waals surface area contributed by atoms with Crippen molar-refractivity contribution in [1.29, 1.82) is 0 Å². The summed E-state index contributed by atoms with van der Waals surface area (Å²) in [5, 5.41) is 2.98. The molecule has 1 amide bonds. The number of hydrogen-bond donors (Lipinski definition) is 2. The van der Waals surface area contributed by atoms with Gasteiger partial charge in [0.05, 0.1) is 11.0 Å². The van der Waals surface area contributed by atoms with E-state index < -0.39 is 10.0 Å². The van der Waals surface area contributed by atoms with E-state index >= 15 is 0 Å². The maximum atomic E-state index is 12.5. The molecular formula is C23H30N2O4S. The number of aryl methyl sites for hydroxylation is 1. The Kier molecular flexibility index (Phi) is 7.15. The average molecular weight is 431 g/mol. The van der Waals surface area contributed by atoms with Gasteiger partial charge in [-0.1, -0.05) is 12.1 Å². The summed E-state index contributed by atoms with van der Waals surface area (Å²) in [5.41, 5.74) is 1.63. The van der Waals surface area contributed by atoms with Gasteiger partial charge in [0.15, 0.2) is 0 Å². The van der Waals surface area contributed by atoms with Crippen molar-refractivity contribution >= 4 is 15.9 Å². The summed E-state index contributed by atoms with van der Waals surface area (Å²) in [4.78, 5) is 12.7. The molecule has 30 heavy (non-hydrogen) atoms. The summed E-state index contributed by atoms with van der Waals surface area (Å²) in [7, 11) is -3.50. The molecule has 0 heterocycles. The molecule has 1 atom stereocenters. The highest BCUT2D eigenvalue weighted by atomic mass is 32.2. The van der Waals surface area contributed by atoms with E-state index in [1.54, 1.807) is 12.1 Å². The minimum Gasteiger partial charge on any atom is -0.491 e. The van der Waals surface area contributed by atoms with Crippen molar-refractivity contribution in [1.82, 2.24) is 10.0 Å². The van der Waals surface area contributed by atoms with Gasteiger partial charge in [0, 0.05) is 17.6 Å². The molecule has 2 aromatic carbocycles. The van der Waals surface area contributed by atoms with Crippen LogP contribution in [0.1, 0.15) is 56.0 Å². The van der Waals surface area contributed by atoms with Crippen LogP contribution in [-0.2, 0) is 16.4 Å². The van der Waals surface area contributed by atoms with E-state index in [-0.39, 0.29) is 29.0 Å². The van der Waals surface area contributed by atoms with Crippen molar-refractivity contribution < 1.29 is 17.9 Å². The van der Waals surface area contributed by atoms with Gasteiger partial charge >= 0.3 is 0 Å². The Morgan fingerprint density at radius 3 is 2.23 bits per heavy atom. The van der Waals surface area contributed by atoms with Gasteiger partial charge in [0.1, 0.15) is 5.75 Å². The fourth-order valence-electron chi connectivity index (χ4n) is 3.04. The molecule has 0 aliphatic heterocycles. The van der Waals surface area contributed by atoms with Crippen LogP contribution in [0.4, 0.5) is 0 Å². The van der Waals surface area contributed by atoms with E-state index in [9.17, 15) is 13.2 Å². The highest BCUT2D eigenvalue weighted by molar-refractivity contribution is 7.89. The third-order valence-electron chi connectivity index (χ3n) is 4.86. The zero-order valence-electron chi connectivity index (χ0n) is 17.7. The first-order valence-electron chi connectivity index (χ1n) is 10.4. The van der Waals surface area contributed by atoms with Crippen LogP contribution < -0.4 is 14.8 Å². The SMILES string of the molecule is CC(CCc1ccc(OC(C)C)cc1)NC(=O)c1ccc(S(=O)(=O)NC2CC2)cc1. The lowest BCUT2D eigenvalue weighted by Crippen LogP contribution is -2.33.